The van der Waals surface area contributed by atoms with Gasteiger partial charge in [-0.3, -0.25) is 19.2 Å². The zero-order valence-corrected chi connectivity index (χ0v) is 15.0. The van der Waals surface area contributed by atoms with Gasteiger partial charge in [-0.25, -0.2) is 0 Å². The van der Waals surface area contributed by atoms with Gasteiger partial charge < -0.3 is 25.2 Å². The van der Waals surface area contributed by atoms with Crippen molar-refractivity contribution in [2.45, 2.75) is 61.7 Å². The van der Waals surface area contributed by atoms with Crippen LogP contribution in [0.4, 0.5) is 0 Å². The number of ether oxygens (including phenoxy) is 1. The fourth-order valence-electron chi connectivity index (χ4n) is 2.84. The minimum atomic E-state index is -3.39. The molecule has 24 heavy (non-hydrogen) atoms. The standard InChI is InChI=1S/C14H19BrO9/c1-5(16)9(20)10-12(21,6(2)17)14(23,8(4)19)13(22,7(3)18)11(15)24-10/h5,10-11,16,21-23H,1-4H3/t5?,10-,11+,12-,13-,14+/m1/s1. The summed E-state index contributed by atoms with van der Waals surface area (Å²) in [6.07, 6.45) is -3.92. The molecule has 1 heterocycles. The maximum absolute atomic E-state index is 12.2. The molecule has 0 aliphatic carbocycles. The van der Waals surface area contributed by atoms with Crippen molar-refractivity contribution in [2.24, 2.45) is 0 Å². The zero-order chi connectivity index (χ0) is 19.2. The van der Waals surface area contributed by atoms with Gasteiger partial charge in [-0.1, -0.05) is 15.9 Å². The molecule has 1 fully saturated rings. The molecule has 0 aromatic heterocycles. The van der Waals surface area contributed by atoms with Gasteiger partial charge in [-0.2, -0.15) is 0 Å². The van der Waals surface area contributed by atoms with E-state index in [4.69, 9.17) is 4.74 Å². The van der Waals surface area contributed by atoms with E-state index >= 15 is 0 Å². The molecule has 0 aromatic rings. The Bertz CT molecular complexity index is 603. The van der Waals surface area contributed by atoms with E-state index in [9.17, 15) is 39.6 Å². The van der Waals surface area contributed by atoms with Gasteiger partial charge in [-0.15, -0.1) is 0 Å². The summed E-state index contributed by atoms with van der Waals surface area (Å²) in [5.74, 6) is -5.06. The predicted octanol–water partition coefficient (Wildman–Crippen LogP) is -1.98. The minimum absolute atomic E-state index is 0.733. The first kappa shape index (κ1) is 21.0. The van der Waals surface area contributed by atoms with E-state index in [1.807, 2.05) is 0 Å². The summed E-state index contributed by atoms with van der Waals surface area (Å²) in [5, 5.41) is 40.0. The second-order valence-electron chi connectivity index (χ2n) is 5.82. The van der Waals surface area contributed by atoms with Crippen LogP contribution in [0.15, 0.2) is 0 Å². The summed E-state index contributed by atoms with van der Waals surface area (Å²) in [6.45, 7) is 3.31. The Hall–Kier alpha value is -1.04. The van der Waals surface area contributed by atoms with E-state index < -0.39 is 57.2 Å². The van der Waals surface area contributed by atoms with Crippen molar-refractivity contribution in [3.05, 3.63) is 0 Å². The van der Waals surface area contributed by atoms with E-state index in [1.165, 1.54) is 0 Å². The highest BCUT2D eigenvalue weighted by Gasteiger charge is 2.78. The largest absolute Gasteiger partial charge is 0.386 e. The molecule has 136 valence electrons. The molecule has 1 saturated heterocycles. The Balaban J connectivity index is 3.86. The molecular weight excluding hydrogens is 392 g/mol. The van der Waals surface area contributed by atoms with Crippen LogP contribution in [-0.4, -0.2) is 77.6 Å². The fourth-order valence-corrected chi connectivity index (χ4v) is 3.71. The van der Waals surface area contributed by atoms with E-state index in [2.05, 4.69) is 15.9 Å². The lowest BCUT2D eigenvalue weighted by Gasteiger charge is -2.56. The van der Waals surface area contributed by atoms with Crippen LogP contribution in [0.5, 0.6) is 0 Å². The van der Waals surface area contributed by atoms with Crippen LogP contribution in [0.1, 0.15) is 27.7 Å². The van der Waals surface area contributed by atoms with E-state index in [0.717, 1.165) is 27.7 Å². The van der Waals surface area contributed by atoms with Gasteiger partial charge in [0.1, 0.15) is 6.10 Å². The zero-order valence-electron chi connectivity index (χ0n) is 13.4. The molecule has 9 nitrogen and oxygen atoms in total. The van der Waals surface area contributed by atoms with Crippen LogP contribution in [0.25, 0.3) is 0 Å². The van der Waals surface area contributed by atoms with Crippen LogP contribution in [0.2, 0.25) is 0 Å². The maximum atomic E-state index is 12.2. The lowest BCUT2D eigenvalue weighted by molar-refractivity contribution is -0.296. The number of hydrogen-bond donors (Lipinski definition) is 4. The number of aliphatic hydroxyl groups is 4. The van der Waals surface area contributed by atoms with Gasteiger partial charge >= 0.3 is 0 Å². The van der Waals surface area contributed by atoms with Gasteiger partial charge in [0.2, 0.25) is 5.60 Å². The van der Waals surface area contributed by atoms with Gasteiger partial charge in [0, 0.05) is 0 Å². The van der Waals surface area contributed by atoms with Gasteiger partial charge in [-0.05, 0) is 27.7 Å². The Morgan fingerprint density at radius 3 is 1.67 bits per heavy atom. The highest BCUT2D eigenvalue weighted by atomic mass is 79.9. The van der Waals surface area contributed by atoms with Crippen molar-refractivity contribution in [3.8, 4) is 0 Å². The molecule has 1 rings (SSSR count). The SMILES string of the molecule is CC(=O)[C@]1(O)[C@@](O)(C(C)=O)[C@@H](C(=O)C(C)O)O[C@H](Br)[C@]1(O)C(C)=O. The molecule has 1 aliphatic rings. The topological polar surface area (TPSA) is 158 Å². The molecule has 4 N–H and O–H groups in total. The molecule has 1 aliphatic heterocycles. The minimum Gasteiger partial charge on any atom is -0.386 e. The number of carbonyl (C=O) groups is 4. The van der Waals surface area contributed by atoms with Gasteiger partial charge in [0.05, 0.1) is 0 Å². The van der Waals surface area contributed by atoms with Crippen molar-refractivity contribution in [1.29, 1.82) is 0 Å². The summed E-state index contributed by atoms with van der Waals surface area (Å²) in [7, 11) is 0. The third kappa shape index (κ3) is 2.40. The first-order valence-corrected chi connectivity index (χ1v) is 7.83. The number of Topliss-reactive ketones (excluding diaryl/α,β-unsaturated/α-hetero) is 4. The summed E-state index contributed by atoms with van der Waals surface area (Å²) in [5.41, 5.74) is -9.74. The highest BCUT2D eigenvalue weighted by molar-refractivity contribution is 9.09. The van der Waals surface area contributed by atoms with E-state index in [0.29, 0.717) is 0 Å². The highest BCUT2D eigenvalue weighted by Crippen LogP contribution is 2.48. The molecular formula is C14H19BrO9. The van der Waals surface area contributed by atoms with Crippen LogP contribution in [0.3, 0.4) is 0 Å². The van der Waals surface area contributed by atoms with Crippen molar-refractivity contribution >= 4 is 39.1 Å². The van der Waals surface area contributed by atoms with Crippen molar-refractivity contribution in [3.63, 3.8) is 0 Å². The molecule has 0 aromatic carbocycles. The number of hydrogen-bond acceptors (Lipinski definition) is 9. The number of rotatable bonds is 5. The number of carbonyl (C=O) groups excluding carboxylic acids is 4. The first-order chi connectivity index (χ1) is 10.7. The quantitative estimate of drug-likeness (QED) is 0.376. The lowest BCUT2D eigenvalue weighted by atomic mass is 9.61. The van der Waals surface area contributed by atoms with Crippen molar-refractivity contribution in [1.82, 2.24) is 0 Å². The normalized spacial score (nSPS) is 40.7. The lowest BCUT2D eigenvalue weighted by Crippen LogP contribution is -2.86. The Kier molecular flexibility index (Phi) is 5.56. The number of halogens is 1. The van der Waals surface area contributed by atoms with Crippen LogP contribution >= 0.6 is 15.9 Å². The number of ketones is 4. The molecule has 10 heteroatoms. The van der Waals surface area contributed by atoms with Crippen LogP contribution in [0, 0.1) is 0 Å². The summed E-state index contributed by atoms with van der Waals surface area (Å²) in [4.78, 5) is 48.3. The monoisotopic (exact) mass is 410 g/mol. The first-order valence-electron chi connectivity index (χ1n) is 6.92. The number of aliphatic hydroxyl groups excluding tert-OH is 1. The van der Waals surface area contributed by atoms with Crippen molar-refractivity contribution < 1.29 is 44.3 Å². The molecule has 0 amide bonds. The second kappa shape index (κ2) is 6.36. The summed E-state index contributed by atoms with van der Waals surface area (Å²) in [6, 6.07) is 0. The van der Waals surface area contributed by atoms with Crippen LogP contribution < -0.4 is 0 Å². The molecule has 0 saturated carbocycles. The third-order valence-electron chi connectivity index (χ3n) is 4.32. The average molecular weight is 411 g/mol. The molecule has 1 unspecified atom stereocenters. The van der Waals surface area contributed by atoms with Gasteiger partial charge in [0.25, 0.3) is 0 Å². The molecule has 0 spiro atoms. The second-order valence-corrected chi connectivity index (χ2v) is 6.65. The maximum Gasteiger partial charge on any atom is 0.201 e. The van der Waals surface area contributed by atoms with Crippen molar-refractivity contribution in [2.75, 3.05) is 0 Å². The number of alkyl halides is 1. The Morgan fingerprint density at radius 1 is 0.958 bits per heavy atom. The van der Waals surface area contributed by atoms with Crippen LogP contribution in [-0.2, 0) is 23.9 Å². The smallest absolute Gasteiger partial charge is 0.201 e. The van der Waals surface area contributed by atoms with Gasteiger partial charge in [0.15, 0.2) is 45.5 Å². The molecule has 0 bridgehead atoms. The fraction of sp³-hybridized carbons (Fsp3) is 0.714. The summed E-state index contributed by atoms with van der Waals surface area (Å²) >= 11 is 2.75. The molecule has 6 atom stereocenters. The predicted molar refractivity (Wildman–Crippen MR) is 81.2 cm³/mol. The Labute approximate surface area is 145 Å². The molecule has 0 radical (unpaired) electrons. The van der Waals surface area contributed by atoms with E-state index in [-0.39, 0.29) is 0 Å². The Morgan fingerprint density at radius 2 is 1.38 bits per heavy atom. The summed E-state index contributed by atoms with van der Waals surface area (Å²) < 4.78 is 5.06. The third-order valence-corrected chi connectivity index (χ3v) is 5.20. The average Bonchev–Trinajstić information content (AvgIpc) is 2.46. The van der Waals surface area contributed by atoms with E-state index in [1.54, 1.807) is 0 Å².